The molecule has 2 bridgehead atoms. The highest BCUT2D eigenvalue weighted by atomic mass is 19.1. The number of fused-ring (bicyclic) bond motifs is 5. The van der Waals surface area contributed by atoms with Crippen LogP contribution in [0.3, 0.4) is 0 Å². The largest absolute Gasteiger partial charge is 0.378 e. The van der Waals surface area contributed by atoms with Crippen LogP contribution in [0.2, 0.25) is 0 Å². The minimum atomic E-state index is -0.660. The SMILES string of the molecule is CC1(C)[C@H]2CC[C@@]1(c1cccc(C(=O)N3CCOCC3)n1)c1nnc(-c3c(F)cccc3F)cc12. The number of carbonyl (C=O) groups is 1. The van der Waals surface area contributed by atoms with Crippen molar-refractivity contribution in [2.75, 3.05) is 26.3 Å². The molecule has 3 aliphatic rings. The molecule has 6 rings (SSSR count). The molecule has 2 aliphatic carbocycles. The minimum absolute atomic E-state index is 0.103. The van der Waals surface area contributed by atoms with Crippen molar-refractivity contribution in [3.8, 4) is 11.3 Å². The molecule has 1 saturated heterocycles. The fourth-order valence-corrected chi connectivity index (χ4v) is 6.48. The molecule has 0 spiro atoms. The number of nitrogens with zero attached hydrogens (tertiary/aromatic N) is 4. The van der Waals surface area contributed by atoms with E-state index in [9.17, 15) is 13.6 Å². The summed E-state index contributed by atoms with van der Waals surface area (Å²) < 4.78 is 34.3. The molecule has 0 N–H and O–H groups in total. The number of rotatable bonds is 3. The van der Waals surface area contributed by atoms with E-state index in [0.717, 1.165) is 29.8 Å². The average Bonchev–Trinajstić information content (AvgIpc) is 3.25. The number of amides is 1. The van der Waals surface area contributed by atoms with E-state index in [4.69, 9.17) is 9.72 Å². The number of benzene rings is 1. The highest BCUT2D eigenvalue weighted by Crippen LogP contribution is 2.69. The predicted octanol–water partition coefficient (Wildman–Crippen LogP) is 4.49. The van der Waals surface area contributed by atoms with Gasteiger partial charge in [0, 0.05) is 13.1 Å². The Morgan fingerprint density at radius 2 is 1.77 bits per heavy atom. The maximum Gasteiger partial charge on any atom is 0.272 e. The van der Waals surface area contributed by atoms with Crippen LogP contribution in [0.5, 0.6) is 0 Å². The van der Waals surface area contributed by atoms with Gasteiger partial charge < -0.3 is 9.64 Å². The van der Waals surface area contributed by atoms with Crippen LogP contribution >= 0.6 is 0 Å². The lowest BCUT2D eigenvalue weighted by Crippen LogP contribution is -2.42. The summed E-state index contributed by atoms with van der Waals surface area (Å²) >= 11 is 0. The summed E-state index contributed by atoms with van der Waals surface area (Å²) in [6, 6.07) is 11.2. The van der Waals surface area contributed by atoms with Gasteiger partial charge >= 0.3 is 0 Å². The number of halogens is 2. The molecule has 2 aromatic heterocycles. The summed E-state index contributed by atoms with van der Waals surface area (Å²) in [5.74, 6) is -1.28. The van der Waals surface area contributed by atoms with Crippen molar-refractivity contribution in [3.05, 3.63) is 76.7 Å². The van der Waals surface area contributed by atoms with Gasteiger partial charge in [-0.05, 0) is 60.1 Å². The van der Waals surface area contributed by atoms with E-state index in [-0.39, 0.29) is 28.5 Å². The van der Waals surface area contributed by atoms with Crippen molar-refractivity contribution in [2.24, 2.45) is 5.41 Å². The number of aromatic nitrogens is 3. The second kappa shape index (κ2) is 7.88. The molecule has 3 aromatic rings. The third-order valence-corrected chi connectivity index (χ3v) is 8.30. The zero-order chi connectivity index (χ0) is 24.4. The number of hydrogen-bond acceptors (Lipinski definition) is 5. The highest BCUT2D eigenvalue weighted by molar-refractivity contribution is 5.92. The quantitative estimate of drug-likeness (QED) is 0.557. The summed E-state index contributed by atoms with van der Waals surface area (Å²) in [5, 5.41) is 8.86. The first kappa shape index (κ1) is 22.2. The predicted molar refractivity (Wildman–Crippen MR) is 125 cm³/mol. The first-order chi connectivity index (χ1) is 16.8. The van der Waals surface area contributed by atoms with Crippen molar-refractivity contribution < 1.29 is 18.3 Å². The molecular formula is C27H26F2N4O2. The fourth-order valence-electron chi connectivity index (χ4n) is 6.48. The Balaban J connectivity index is 1.45. The second-order valence-electron chi connectivity index (χ2n) is 10.2. The van der Waals surface area contributed by atoms with Crippen LogP contribution in [-0.2, 0) is 10.2 Å². The summed E-state index contributed by atoms with van der Waals surface area (Å²) in [5.41, 5.74) is 2.20. The molecule has 3 heterocycles. The van der Waals surface area contributed by atoms with Gasteiger partial charge in [-0.25, -0.2) is 13.8 Å². The average molecular weight is 477 g/mol. The van der Waals surface area contributed by atoms with Gasteiger partial charge in [-0.15, -0.1) is 5.10 Å². The van der Waals surface area contributed by atoms with Gasteiger partial charge in [0.25, 0.3) is 5.91 Å². The Labute approximate surface area is 202 Å². The molecule has 35 heavy (non-hydrogen) atoms. The molecule has 0 radical (unpaired) electrons. The van der Waals surface area contributed by atoms with Crippen LogP contribution in [0.1, 0.15) is 60.0 Å². The van der Waals surface area contributed by atoms with Gasteiger partial charge in [-0.2, -0.15) is 5.10 Å². The van der Waals surface area contributed by atoms with Crippen LogP contribution in [0.15, 0.2) is 42.5 Å². The molecule has 2 atom stereocenters. The van der Waals surface area contributed by atoms with Crippen LogP contribution in [0.4, 0.5) is 8.78 Å². The molecule has 180 valence electrons. The Hall–Kier alpha value is -3.26. The van der Waals surface area contributed by atoms with Gasteiger partial charge in [0.2, 0.25) is 0 Å². The van der Waals surface area contributed by atoms with E-state index in [1.807, 2.05) is 12.1 Å². The number of morpholine rings is 1. The van der Waals surface area contributed by atoms with Crippen molar-refractivity contribution in [3.63, 3.8) is 0 Å². The number of pyridine rings is 1. The van der Waals surface area contributed by atoms with E-state index < -0.39 is 17.0 Å². The van der Waals surface area contributed by atoms with Gasteiger partial charge in [0.1, 0.15) is 17.3 Å². The molecule has 1 aliphatic heterocycles. The standard InChI is InChI=1S/C27H26F2N4O2/c1-26(2)17-9-10-27(26,22-8-4-7-20(30-22)25(34)33-11-13-35-14-12-33)24-16(17)15-21(31-32-24)23-18(28)5-3-6-19(23)29/h3-8,15,17H,9-14H2,1-2H3/t17-,27+/m0/s1. The molecule has 1 aromatic carbocycles. The summed E-state index contributed by atoms with van der Waals surface area (Å²) in [7, 11) is 0. The molecule has 1 amide bonds. The third kappa shape index (κ3) is 3.08. The third-order valence-electron chi connectivity index (χ3n) is 8.30. The van der Waals surface area contributed by atoms with Crippen molar-refractivity contribution in [2.45, 2.75) is 38.0 Å². The van der Waals surface area contributed by atoms with Crippen molar-refractivity contribution >= 4 is 5.91 Å². The Morgan fingerprint density at radius 3 is 2.51 bits per heavy atom. The molecular weight excluding hydrogens is 450 g/mol. The van der Waals surface area contributed by atoms with E-state index in [0.29, 0.717) is 32.0 Å². The lowest BCUT2D eigenvalue weighted by molar-refractivity contribution is 0.0298. The maximum atomic E-state index is 14.5. The van der Waals surface area contributed by atoms with E-state index in [1.165, 1.54) is 18.2 Å². The second-order valence-corrected chi connectivity index (χ2v) is 10.2. The van der Waals surface area contributed by atoms with Gasteiger partial charge in [0.15, 0.2) is 0 Å². The lowest BCUT2D eigenvalue weighted by Gasteiger charge is -2.37. The van der Waals surface area contributed by atoms with Crippen LogP contribution in [0, 0.1) is 17.0 Å². The monoisotopic (exact) mass is 476 g/mol. The Bertz CT molecular complexity index is 1320. The van der Waals surface area contributed by atoms with Gasteiger partial charge in [0.05, 0.1) is 41.3 Å². The highest BCUT2D eigenvalue weighted by Gasteiger charge is 2.65. The van der Waals surface area contributed by atoms with Gasteiger partial charge in [-0.1, -0.05) is 26.0 Å². The topological polar surface area (TPSA) is 68.2 Å². The number of carbonyl (C=O) groups excluding carboxylic acids is 1. The smallest absolute Gasteiger partial charge is 0.272 e. The first-order valence-corrected chi connectivity index (χ1v) is 12.0. The fraction of sp³-hybridized carbons (Fsp3) is 0.407. The molecule has 1 saturated carbocycles. The van der Waals surface area contributed by atoms with E-state index >= 15 is 0 Å². The number of ether oxygens (including phenoxy) is 1. The minimum Gasteiger partial charge on any atom is -0.378 e. The normalized spacial score (nSPS) is 24.5. The zero-order valence-electron chi connectivity index (χ0n) is 19.7. The van der Waals surface area contributed by atoms with Crippen LogP contribution < -0.4 is 0 Å². The zero-order valence-corrected chi connectivity index (χ0v) is 19.7. The van der Waals surface area contributed by atoms with Crippen molar-refractivity contribution in [1.29, 1.82) is 0 Å². The lowest BCUT2D eigenvalue weighted by atomic mass is 9.66. The molecule has 6 nitrogen and oxygen atoms in total. The van der Waals surface area contributed by atoms with Crippen LogP contribution in [0.25, 0.3) is 11.3 Å². The van der Waals surface area contributed by atoms with Crippen LogP contribution in [-0.4, -0.2) is 52.3 Å². The summed E-state index contributed by atoms with van der Waals surface area (Å²) in [6.45, 7) is 6.53. The summed E-state index contributed by atoms with van der Waals surface area (Å²) in [4.78, 5) is 19.8. The van der Waals surface area contributed by atoms with Gasteiger partial charge in [-0.3, -0.25) is 4.79 Å². The Kier molecular flexibility index (Phi) is 5.00. The first-order valence-electron chi connectivity index (χ1n) is 12.0. The Morgan fingerprint density at radius 1 is 1.06 bits per heavy atom. The molecule has 0 unspecified atom stereocenters. The van der Waals surface area contributed by atoms with E-state index in [1.54, 1.807) is 17.0 Å². The maximum absolute atomic E-state index is 14.5. The molecule has 8 heteroatoms. The van der Waals surface area contributed by atoms with E-state index in [2.05, 4.69) is 24.0 Å². The molecule has 2 fully saturated rings. The summed E-state index contributed by atoms with van der Waals surface area (Å²) in [6.07, 6.45) is 1.72. The number of hydrogen-bond donors (Lipinski definition) is 0. The van der Waals surface area contributed by atoms with Crippen molar-refractivity contribution in [1.82, 2.24) is 20.1 Å².